The van der Waals surface area contributed by atoms with Crippen LogP contribution in [0.1, 0.15) is 23.2 Å². The molecule has 0 radical (unpaired) electrons. The number of halogens is 3. The molecule has 1 saturated heterocycles. The number of alkyl halides is 3. The molecule has 1 aliphatic rings. The number of primary amides is 1. The first-order valence-electron chi connectivity index (χ1n) is 7.75. The number of hydrogen-bond donors (Lipinski definition) is 2. The van der Waals surface area contributed by atoms with Gasteiger partial charge in [0.15, 0.2) is 0 Å². The van der Waals surface area contributed by atoms with Crippen molar-refractivity contribution >= 4 is 21.8 Å². The lowest BCUT2D eigenvalue weighted by Gasteiger charge is -2.29. The highest BCUT2D eigenvalue weighted by Gasteiger charge is 2.31. The minimum atomic E-state index is -4.53. The third-order valence-corrected chi connectivity index (χ3v) is 5.97. The van der Waals surface area contributed by atoms with Gasteiger partial charge in [0.25, 0.3) is 5.91 Å². The zero-order valence-electron chi connectivity index (χ0n) is 13.6. The fourth-order valence-corrected chi connectivity index (χ4v) is 4.06. The number of nitrogens with zero attached hydrogens (tertiary/aromatic N) is 1. The number of nitrogens with two attached hydrogens (primary N) is 1. The first-order valence-corrected chi connectivity index (χ1v) is 9.19. The first kappa shape index (κ1) is 20.2. The lowest BCUT2D eigenvalue weighted by atomic mass is 9.98. The van der Waals surface area contributed by atoms with E-state index in [-0.39, 0.29) is 29.5 Å². The molecule has 144 valence electrons. The number of rotatable bonds is 5. The summed E-state index contributed by atoms with van der Waals surface area (Å²) in [5, 5.41) is 1.71. The Labute approximate surface area is 148 Å². The number of sulfonamides is 1. The van der Waals surface area contributed by atoms with E-state index in [4.69, 9.17) is 5.73 Å². The summed E-state index contributed by atoms with van der Waals surface area (Å²) in [6.45, 7) is -1.19. The van der Waals surface area contributed by atoms with Crippen molar-refractivity contribution in [3.8, 4) is 0 Å². The van der Waals surface area contributed by atoms with E-state index in [9.17, 15) is 31.2 Å². The van der Waals surface area contributed by atoms with Crippen LogP contribution >= 0.6 is 0 Å². The maximum Gasteiger partial charge on any atom is 0.405 e. The highest BCUT2D eigenvalue weighted by molar-refractivity contribution is 7.89. The maximum atomic E-state index is 12.6. The second kappa shape index (κ2) is 7.62. The largest absolute Gasteiger partial charge is 0.405 e. The van der Waals surface area contributed by atoms with E-state index in [2.05, 4.69) is 0 Å². The fourth-order valence-electron chi connectivity index (χ4n) is 2.59. The molecule has 1 aliphatic heterocycles. The van der Waals surface area contributed by atoms with Crippen molar-refractivity contribution in [3.05, 3.63) is 29.8 Å². The number of benzene rings is 1. The van der Waals surface area contributed by atoms with Crippen LogP contribution in [0.25, 0.3) is 0 Å². The quantitative estimate of drug-likeness (QED) is 0.773. The van der Waals surface area contributed by atoms with Crippen LogP contribution in [0.15, 0.2) is 29.2 Å². The van der Waals surface area contributed by atoms with Gasteiger partial charge in [-0.05, 0) is 37.1 Å². The van der Waals surface area contributed by atoms with E-state index in [0.717, 1.165) is 24.3 Å². The van der Waals surface area contributed by atoms with E-state index in [0.29, 0.717) is 12.8 Å². The van der Waals surface area contributed by atoms with Crippen LogP contribution in [-0.2, 0) is 14.8 Å². The normalized spacial score (nSPS) is 17.0. The van der Waals surface area contributed by atoms with Gasteiger partial charge in [0.05, 0.1) is 4.90 Å². The number of amides is 2. The van der Waals surface area contributed by atoms with Crippen molar-refractivity contribution in [3.63, 3.8) is 0 Å². The standard InChI is InChI=1S/C15H18F3N3O4S/c16-15(17,18)9-20-14(23)11-1-3-12(4-2-11)26(24,25)21-7-5-10(6-8-21)13(19)22/h1-4,10H,5-9H2,(H2,19,22)(H,20,23). The molecule has 0 atom stereocenters. The molecule has 0 spiro atoms. The minimum absolute atomic E-state index is 0.0811. The van der Waals surface area contributed by atoms with Gasteiger partial charge in [-0.1, -0.05) is 0 Å². The highest BCUT2D eigenvalue weighted by atomic mass is 32.2. The van der Waals surface area contributed by atoms with Crippen LogP contribution in [-0.4, -0.2) is 50.3 Å². The van der Waals surface area contributed by atoms with E-state index in [1.807, 2.05) is 0 Å². The highest BCUT2D eigenvalue weighted by Crippen LogP contribution is 2.24. The van der Waals surface area contributed by atoms with Gasteiger partial charge >= 0.3 is 6.18 Å². The minimum Gasteiger partial charge on any atom is -0.369 e. The van der Waals surface area contributed by atoms with Crippen LogP contribution in [0.3, 0.4) is 0 Å². The molecular formula is C15H18F3N3O4S. The number of carbonyl (C=O) groups is 2. The van der Waals surface area contributed by atoms with Gasteiger partial charge in [-0.3, -0.25) is 9.59 Å². The summed E-state index contributed by atoms with van der Waals surface area (Å²) in [7, 11) is -3.82. The number of carbonyl (C=O) groups excluding carboxylic acids is 2. The van der Waals surface area contributed by atoms with Crippen LogP contribution in [0, 0.1) is 5.92 Å². The number of hydrogen-bond acceptors (Lipinski definition) is 4. The summed E-state index contributed by atoms with van der Waals surface area (Å²) in [4.78, 5) is 22.7. The molecule has 0 saturated carbocycles. The Balaban J connectivity index is 2.05. The molecule has 3 N–H and O–H groups in total. The molecule has 1 heterocycles. The van der Waals surface area contributed by atoms with Crippen molar-refractivity contribution in [1.29, 1.82) is 0 Å². The summed E-state index contributed by atoms with van der Waals surface area (Å²) in [5.41, 5.74) is 5.13. The van der Waals surface area contributed by atoms with Crippen molar-refractivity contribution in [1.82, 2.24) is 9.62 Å². The number of nitrogens with one attached hydrogen (secondary N) is 1. The monoisotopic (exact) mass is 393 g/mol. The Morgan fingerprint density at radius 2 is 1.69 bits per heavy atom. The zero-order valence-corrected chi connectivity index (χ0v) is 14.4. The number of piperidine rings is 1. The lowest BCUT2D eigenvalue weighted by molar-refractivity contribution is -0.123. The predicted molar refractivity (Wildman–Crippen MR) is 85.5 cm³/mol. The van der Waals surface area contributed by atoms with Crippen molar-refractivity contribution < 1.29 is 31.2 Å². The molecule has 1 aromatic rings. The van der Waals surface area contributed by atoms with Crippen LogP contribution in [0.5, 0.6) is 0 Å². The Hall–Kier alpha value is -2.14. The molecule has 1 fully saturated rings. The third kappa shape index (κ3) is 4.94. The first-order chi connectivity index (χ1) is 12.0. The average Bonchev–Trinajstić information content (AvgIpc) is 2.59. The summed E-state index contributed by atoms with van der Waals surface area (Å²) < 4.78 is 62.7. The van der Waals surface area contributed by atoms with Gasteiger partial charge in [0, 0.05) is 24.6 Å². The SMILES string of the molecule is NC(=O)C1CCN(S(=O)(=O)c2ccc(C(=O)NCC(F)(F)F)cc2)CC1. The van der Waals surface area contributed by atoms with E-state index in [1.165, 1.54) is 4.31 Å². The second-order valence-electron chi connectivity index (χ2n) is 5.90. The zero-order chi connectivity index (χ0) is 19.5. The Morgan fingerprint density at radius 3 is 2.15 bits per heavy atom. The van der Waals surface area contributed by atoms with Gasteiger partial charge in [0.1, 0.15) is 6.54 Å². The molecule has 26 heavy (non-hydrogen) atoms. The molecule has 0 aromatic heterocycles. The smallest absolute Gasteiger partial charge is 0.369 e. The average molecular weight is 393 g/mol. The Morgan fingerprint density at radius 1 is 1.15 bits per heavy atom. The fraction of sp³-hybridized carbons (Fsp3) is 0.467. The van der Waals surface area contributed by atoms with Gasteiger partial charge in [-0.15, -0.1) is 0 Å². The molecule has 2 amide bonds. The van der Waals surface area contributed by atoms with Gasteiger partial charge in [0.2, 0.25) is 15.9 Å². The molecule has 0 aliphatic carbocycles. The third-order valence-electron chi connectivity index (χ3n) is 4.06. The molecule has 1 aromatic carbocycles. The molecule has 11 heteroatoms. The van der Waals surface area contributed by atoms with Crippen molar-refractivity contribution in [2.45, 2.75) is 23.9 Å². The second-order valence-corrected chi connectivity index (χ2v) is 7.84. The molecule has 2 rings (SSSR count). The summed E-state index contributed by atoms with van der Waals surface area (Å²) >= 11 is 0. The Kier molecular flexibility index (Phi) is 5.91. The van der Waals surface area contributed by atoms with E-state index < -0.39 is 34.6 Å². The van der Waals surface area contributed by atoms with Crippen molar-refractivity contribution in [2.75, 3.05) is 19.6 Å². The topological polar surface area (TPSA) is 110 Å². The molecule has 7 nitrogen and oxygen atoms in total. The lowest BCUT2D eigenvalue weighted by Crippen LogP contribution is -2.41. The molecule has 0 bridgehead atoms. The van der Waals surface area contributed by atoms with E-state index >= 15 is 0 Å². The molecular weight excluding hydrogens is 375 g/mol. The predicted octanol–water partition coefficient (Wildman–Crippen LogP) is 0.865. The Bertz CT molecular complexity index is 770. The van der Waals surface area contributed by atoms with Crippen LogP contribution in [0.4, 0.5) is 13.2 Å². The molecule has 0 unspecified atom stereocenters. The van der Waals surface area contributed by atoms with Gasteiger partial charge < -0.3 is 11.1 Å². The maximum absolute atomic E-state index is 12.6. The van der Waals surface area contributed by atoms with Crippen molar-refractivity contribution in [2.24, 2.45) is 11.7 Å². The summed E-state index contributed by atoms with van der Waals surface area (Å²) in [6, 6.07) is 4.62. The van der Waals surface area contributed by atoms with Crippen LogP contribution < -0.4 is 11.1 Å². The summed E-state index contributed by atoms with van der Waals surface area (Å²) in [5.74, 6) is -1.77. The van der Waals surface area contributed by atoms with E-state index in [1.54, 1.807) is 5.32 Å². The summed E-state index contributed by atoms with van der Waals surface area (Å²) in [6.07, 6.45) is -3.88. The van der Waals surface area contributed by atoms with Gasteiger partial charge in [-0.25, -0.2) is 8.42 Å². The van der Waals surface area contributed by atoms with Gasteiger partial charge in [-0.2, -0.15) is 17.5 Å². The van der Waals surface area contributed by atoms with Crippen LogP contribution in [0.2, 0.25) is 0 Å².